The lowest BCUT2D eigenvalue weighted by atomic mass is 10.1. The standard InChI is InChI=1S/C30H31N3O5/c1-32-19-25(29(34)24-10-3-4-11-26(24)32)30(35)33(18-23-9-7-15-37-23)17-21-12-13-27(28(16-21)36-2)38-20-22-8-5-6-14-31-22/h3-6,8,10-14,16,19,23H,7,9,15,17-18,20H2,1-2H3. The second-order valence-corrected chi connectivity index (χ2v) is 9.42. The molecule has 0 aliphatic carbocycles. The maximum Gasteiger partial charge on any atom is 0.259 e. The Morgan fingerprint density at radius 1 is 1.13 bits per heavy atom. The third-order valence-corrected chi connectivity index (χ3v) is 6.76. The predicted molar refractivity (Wildman–Crippen MR) is 144 cm³/mol. The number of aryl methyl sites for hydroxylation is 1. The number of carbonyl (C=O) groups is 1. The first kappa shape index (κ1) is 25.5. The fourth-order valence-electron chi connectivity index (χ4n) is 4.80. The molecule has 4 aromatic rings. The molecular formula is C30H31N3O5. The van der Waals surface area contributed by atoms with Gasteiger partial charge in [-0.3, -0.25) is 14.6 Å². The Hall–Kier alpha value is -4.17. The molecule has 0 N–H and O–H groups in total. The number of aromatic nitrogens is 2. The van der Waals surface area contributed by atoms with E-state index in [1.54, 1.807) is 30.5 Å². The summed E-state index contributed by atoms with van der Waals surface area (Å²) in [6.07, 6.45) is 5.13. The summed E-state index contributed by atoms with van der Waals surface area (Å²) >= 11 is 0. The van der Waals surface area contributed by atoms with Crippen LogP contribution in [-0.2, 0) is 24.9 Å². The van der Waals surface area contributed by atoms with Crippen LogP contribution in [0.4, 0.5) is 0 Å². The van der Waals surface area contributed by atoms with Gasteiger partial charge in [0, 0.05) is 44.5 Å². The van der Waals surface area contributed by atoms with E-state index in [1.807, 2.05) is 66.2 Å². The van der Waals surface area contributed by atoms with Crippen LogP contribution in [0.15, 0.2) is 77.9 Å². The molecule has 196 valence electrons. The molecule has 0 saturated carbocycles. The van der Waals surface area contributed by atoms with Crippen molar-refractivity contribution in [2.24, 2.45) is 7.05 Å². The SMILES string of the molecule is COc1cc(CN(CC2CCCO2)C(=O)c2cn(C)c3ccccc3c2=O)ccc1OCc1ccccn1. The zero-order valence-corrected chi connectivity index (χ0v) is 21.6. The van der Waals surface area contributed by atoms with Crippen molar-refractivity contribution in [3.05, 3.63) is 100 Å². The molecule has 1 fully saturated rings. The molecule has 1 saturated heterocycles. The molecule has 38 heavy (non-hydrogen) atoms. The van der Waals surface area contributed by atoms with Gasteiger partial charge in [-0.05, 0) is 54.8 Å². The van der Waals surface area contributed by atoms with Crippen molar-refractivity contribution in [2.45, 2.75) is 32.1 Å². The zero-order valence-electron chi connectivity index (χ0n) is 21.6. The molecule has 8 heteroatoms. The maximum atomic E-state index is 13.8. The Labute approximate surface area is 221 Å². The first-order valence-corrected chi connectivity index (χ1v) is 12.7. The Balaban J connectivity index is 1.41. The van der Waals surface area contributed by atoms with Crippen molar-refractivity contribution < 1.29 is 19.0 Å². The smallest absolute Gasteiger partial charge is 0.259 e. The van der Waals surface area contributed by atoms with Gasteiger partial charge in [-0.25, -0.2) is 0 Å². The van der Waals surface area contributed by atoms with Crippen LogP contribution in [0.1, 0.15) is 34.5 Å². The lowest BCUT2D eigenvalue weighted by Gasteiger charge is -2.26. The fraction of sp³-hybridized carbons (Fsp3) is 0.300. The van der Waals surface area contributed by atoms with E-state index in [2.05, 4.69) is 4.98 Å². The number of carbonyl (C=O) groups excluding carboxylic acids is 1. The van der Waals surface area contributed by atoms with Crippen LogP contribution in [0.2, 0.25) is 0 Å². The summed E-state index contributed by atoms with van der Waals surface area (Å²) in [5.74, 6) is 0.827. The third-order valence-electron chi connectivity index (χ3n) is 6.76. The minimum Gasteiger partial charge on any atom is -0.493 e. The van der Waals surface area contributed by atoms with Crippen LogP contribution in [-0.4, -0.2) is 46.7 Å². The summed E-state index contributed by atoms with van der Waals surface area (Å²) in [4.78, 5) is 33.1. The van der Waals surface area contributed by atoms with E-state index in [-0.39, 0.29) is 23.0 Å². The number of fused-ring (bicyclic) bond motifs is 1. The molecule has 1 amide bonds. The van der Waals surface area contributed by atoms with Crippen LogP contribution in [0.3, 0.4) is 0 Å². The number of methoxy groups -OCH3 is 1. The molecule has 5 rings (SSSR count). The molecule has 1 unspecified atom stereocenters. The number of nitrogens with zero attached hydrogens (tertiary/aromatic N) is 3. The van der Waals surface area contributed by atoms with E-state index >= 15 is 0 Å². The van der Waals surface area contributed by atoms with Crippen LogP contribution < -0.4 is 14.9 Å². The molecule has 3 heterocycles. The van der Waals surface area contributed by atoms with Crippen molar-refractivity contribution in [1.29, 1.82) is 0 Å². The van der Waals surface area contributed by atoms with Crippen LogP contribution >= 0.6 is 0 Å². The fourth-order valence-corrected chi connectivity index (χ4v) is 4.80. The molecule has 8 nitrogen and oxygen atoms in total. The Morgan fingerprint density at radius 2 is 1.97 bits per heavy atom. The zero-order chi connectivity index (χ0) is 26.5. The summed E-state index contributed by atoms with van der Waals surface area (Å²) < 4.78 is 19.2. The molecule has 1 aliphatic rings. The average molecular weight is 514 g/mol. The largest absolute Gasteiger partial charge is 0.493 e. The van der Waals surface area contributed by atoms with Gasteiger partial charge in [-0.2, -0.15) is 0 Å². The molecule has 1 aliphatic heterocycles. The number of para-hydroxylation sites is 1. The molecular weight excluding hydrogens is 482 g/mol. The molecule has 0 bridgehead atoms. The van der Waals surface area contributed by atoms with E-state index in [1.165, 1.54) is 0 Å². The van der Waals surface area contributed by atoms with Gasteiger partial charge in [-0.15, -0.1) is 0 Å². The van der Waals surface area contributed by atoms with E-state index in [0.29, 0.717) is 43.2 Å². The highest BCUT2D eigenvalue weighted by Crippen LogP contribution is 2.30. The summed E-state index contributed by atoms with van der Waals surface area (Å²) in [6.45, 7) is 1.69. The molecule has 2 aromatic heterocycles. The molecule has 0 spiro atoms. The van der Waals surface area contributed by atoms with Gasteiger partial charge in [0.1, 0.15) is 12.2 Å². The number of hydrogen-bond donors (Lipinski definition) is 0. The Bertz CT molecular complexity index is 1480. The highest BCUT2D eigenvalue weighted by molar-refractivity contribution is 5.97. The first-order valence-electron chi connectivity index (χ1n) is 12.7. The second-order valence-electron chi connectivity index (χ2n) is 9.42. The van der Waals surface area contributed by atoms with Crippen molar-refractivity contribution in [3.63, 3.8) is 0 Å². The van der Waals surface area contributed by atoms with Gasteiger partial charge >= 0.3 is 0 Å². The number of benzene rings is 2. The van der Waals surface area contributed by atoms with Crippen LogP contribution in [0.5, 0.6) is 11.5 Å². The van der Waals surface area contributed by atoms with Crippen molar-refractivity contribution in [2.75, 3.05) is 20.3 Å². The Morgan fingerprint density at radius 3 is 2.74 bits per heavy atom. The highest BCUT2D eigenvalue weighted by atomic mass is 16.5. The minimum absolute atomic E-state index is 0.0638. The summed E-state index contributed by atoms with van der Waals surface area (Å²) in [5.41, 5.74) is 2.33. The first-order chi connectivity index (χ1) is 18.5. The number of rotatable bonds is 9. The van der Waals surface area contributed by atoms with Gasteiger partial charge in [-0.1, -0.05) is 24.3 Å². The van der Waals surface area contributed by atoms with Crippen molar-refractivity contribution in [1.82, 2.24) is 14.5 Å². The van der Waals surface area contributed by atoms with E-state index in [4.69, 9.17) is 14.2 Å². The van der Waals surface area contributed by atoms with E-state index in [0.717, 1.165) is 29.6 Å². The van der Waals surface area contributed by atoms with Crippen LogP contribution in [0, 0.1) is 0 Å². The number of ether oxygens (including phenoxy) is 3. The predicted octanol–water partition coefficient (Wildman–Crippen LogP) is 4.34. The monoisotopic (exact) mass is 513 g/mol. The van der Waals surface area contributed by atoms with Gasteiger partial charge < -0.3 is 23.7 Å². The lowest BCUT2D eigenvalue weighted by Crippen LogP contribution is -2.39. The van der Waals surface area contributed by atoms with Crippen molar-refractivity contribution >= 4 is 16.8 Å². The van der Waals surface area contributed by atoms with Crippen molar-refractivity contribution in [3.8, 4) is 11.5 Å². The Kier molecular flexibility index (Phi) is 7.70. The summed E-state index contributed by atoms with van der Waals surface area (Å²) in [6, 6.07) is 18.6. The quantitative estimate of drug-likeness (QED) is 0.331. The molecule has 1 atom stereocenters. The van der Waals surface area contributed by atoms with Gasteiger partial charge in [0.05, 0.1) is 24.4 Å². The molecule has 2 aromatic carbocycles. The second kappa shape index (κ2) is 11.5. The third kappa shape index (κ3) is 5.55. The highest BCUT2D eigenvalue weighted by Gasteiger charge is 2.26. The number of amides is 1. The maximum absolute atomic E-state index is 13.8. The van der Waals surface area contributed by atoms with Gasteiger partial charge in [0.2, 0.25) is 5.43 Å². The number of pyridine rings is 2. The minimum atomic E-state index is -0.318. The molecule has 0 radical (unpaired) electrons. The summed E-state index contributed by atoms with van der Waals surface area (Å²) in [5, 5.41) is 0.522. The van der Waals surface area contributed by atoms with E-state index < -0.39 is 0 Å². The van der Waals surface area contributed by atoms with Gasteiger partial charge in [0.15, 0.2) is 11.5 Å². The van der Waals surface area contributed by atoms with Crippen LogP contribution in [0.25, 0.3) is 10.9 Å². The average Bonchev–Trinajstić information content (AvgIpc) is 3.47. The van der Waals surface area contributed by atoms with E-state index in [9.17, 15) is 9.59 Å². The topological polar surface area (TPSA) is 82.9 Å². The number of hydrogen-bond acceptors (Lipinski definition) is 6. The summed E-state index contributed by atoms with van der Waals surface area (Å²) in [7, 11) is 3.43. The lowest BCUT2D eigenvalue weighted by molar-refractivity contribution is 0.0505. The normalized spacial score (nSPS) is 14.9. The van der Waals surface area contributed by atoms with Gasteiger partial charge in [0.25, 0.3) is 5.91 Å².